The molecule has 20 heavy (non-hydrogen) atoms. The van der Waals surface area contributed by atoms with Crippen molar-refractivity contribution in [3.05, 3.63) is 54.2 Å². The van der Waals surface area contributed by atoms with Gasteiger partial charge in [0.05, 0.1) is 13.2 Å². The highest BCUT2D eigenvalue weighted by atomic mass is 16.5. The summed E-state index contributed by atoms with van der Waals surface area (Å²) in [5.41, 5.74) is 2.53. The van der Waals surface area contributed by atoms with E-state index in [4.69, 9.17) is 4.74 Å². The molecule has 1 aliphatic heterocycles. The molecular formula is C16H19N3O. The monoisotopic (exact) mass is 269 g/mol. The van der Waals surface area contributed by atoms with Gasteiger partial charge in [-0.15, -0.1) is 0 Å². The molecule has 2 heterocycles. The molecule has 0 saturated carbocycles. The Morgan fingerprint density at radius 2 is 1.85 bits per heavy atom. The molecular weight excluding hydrogens is 250 g/mol. The molecule has 3 rings (SSSR count). The van der Waals surface area contributed by atoms with Crippen molar-refractivity contribution in [3.8, 4) is 0 Å². The zero-order chi connectivity index (χ0) is 13.6. The van der Waals surface area contributed by atoms with Crippen molar-refractivity contribution in [2.75, 3.05) is 36.5 Å². The van der Waals surface area contributed by atoms with E-state index >= 15 is 0 Å². The third-order valence-corrected chi connectivity index (χ3v) is 3.45. The number of nitrogens with one attached hydrogen (secondary N) is 1. The molecule has 104 valence electrons. The second kappa shape index (κ2) is 6.39. The normalized spacial score (nSPS) is 15.1. The quantitative estimate of drug-likeness (QED) is 0.925. The number of anilines is 2. The minimum absolute atomic E-state index is 0.792. The first-order chi connectivity index (χ1) is 9.92. The van der Waals surface area contributed by atoms with Gasteiger partial charge >= 0.3 is 0 Å². The minimum Gasteiger partial charge on any atom is -0.378 e. The number of morpholine rings is 1. The lowest BCUT2D eigenvalue weighted by molar-refractivity contribution is 0.122. The summed E-state index contributed by atoms with van der Waals surface area (Å²) in [5, 5.41) is 3.32. The Balaban J connectivity index is 1.58. The summed E-state index contributed by atoms with van der Waals surface area (Å²) in [6.45, 7) is 4.39. The number of aromatic nitrogens is 1. The predicted octanol–water partition coefficient (Wildman–Crippen LogP) is 2.53. The van der Waals surface area contributed by atoms with Gasteiger partial charge in [0, 0.05) is 31.5 Å². The third-order valence-electron chi connectivity index (χ3n) is 3.45. The van der Waals surface area contributed by atoms with Gasteiger partial charge in [0.15, 0.2) is 0 Å². The van der Waals surface area contributed by atoms with Crippen LogP contribution < -0.4 is 10.2 Å². The van der Waals surface area contributed by atoms with Crippen LogP contribution in [-0.4, -0.2) is 31.3 Å². The van der Waals surface area contributed by atoms with Crippen LogP contribution in [0.2, 0.25) is 0 Å². The number of rotatable bonds is 4. The van der Waals surface area contributed by atoms with Crippen molar-refractivity contribution >= 4 is 11.5 Å². The molecule has 1 aromatic carbocycles. The Kier molecular flexibility index (Phi) is 4.13. The summed E-state index contributed by atoms with van der Waals surface area (Å²) in [4.78, 5) is 6.61. The lowest BCUT2D eigenvalue weighted by Gasteiger charge is -2.28. The topological polar surface area (TPSA) is 37.4 Å². The Hall–Kier alpha value is -2.07. The zero-order valence-corrected chi connectivity index (χ0v) is 11.5. The average Bonchev–Trinajstić information content (AvgIpc) is 2.55. The molecule has 1 N–H and O–H groups in total. The molecule has 0 spiro atoms. The number of hydrogen-bond acceptors (Lipinski definition) is 4. The maximum atomic E-state index is 5.37. The van der Waals surface area contributed by atoms with Gasteiger partial charge in [-0.25, -0.2) is 4.98 Å². The molecule has 1 saturated heterocycles. The average molecular weight is 269 g/mol. The highest BCUT2D eigenvalue weighted by molar-refractivity contribution is 5.48. The van der Waals surface area contributed by atoms with E-state index in [0.29, 0.717) is 0 Å². The summed E-state index contributed by atoms with van der Waals surface area (Å²) < 4.78 is 5.37. The molecule has 2 aromatic rings. The second-order valence-corrected chi connectivity index (χ2v) is 4.83. The molecule has 0 radical (unpaired) electrons. The van der Waals surface area contributed by atoms with Crippen molar-refractivity contribution in [3.63, 3.8) is 0 Å². The van der Waals surface area contributed by atoms with E-state index in [-0.39, 0.29) is 0 Å². The van der Waals surface area contributed by atoms with Gasteiger partial charge in [-0.1, -0.05) is 18.2 Å². The molecule has 1 aliphatic rings. The minimum atomic E-state index is 0.792. The van der Waals surface area contributed by atoms with E-state index in [1.54, 1.807) is 6.20 Å². The summed E-state index contributed by atoms with van der Waals surface area (Å²) in [6, 6.07) is 14.6. The Morgan fingerprint density at radius 3 is 2.55 bits per heavy atom. The molecule has 0 unspecified atom stereocenters. The summed E-state index contributed by atoms with van der Waals surface area (Å²) in [5.74, 6) is 0.907. The van der Waals surface area contributed by atoms with Crippen molar-refractivity contribution in [2.45, 2.75) is 6.54 Å². The van der Waals surface area contributed by atoms with Crippen LogP contribution in [-0.2, 0) is 11.3 Å². The zero-order valence-electron chi connectivity index (χ0n) is 11.5. The van der Waals surface area contributed by atoms with E-state index in [1.165, 1.54) is 11.3 Å². The second-order valence-electron chi connectivity index (χ2n) is 4.83. The Labute approximate surface area is 119 Å². The largest absolute Gasteiger partial charge is 0.378 e. The van der Waals surface area contributed by atoms with Gasteiger partial charge in [0.25, 0.3) is 0 Å². The van der Waals surface area contributed by atoms with Crippen LogP contribution >= 0.6 is 0 Å². The van der Waals surface area contributed by atoms with Crippen molar-refractivity contribution in [1.29, 1.82) is 0 Å². The maximum absolute atomic E-state index is 5.37. The van der Waals surface area contributed by atoms with Crippen LogP contribution in [0.3, 0.4) is 0 Å². The molecule has 4 nitrogen and oxygen atoms in total. The van der Waals surface area contributed by atoms with Crippen molar-refractivity contribution < 1.29 is 4.74 Å². The molecule has 1 aromatic heterocycles. The van der Waals surface area contributed by atoms with E-state index in [1.807, 2.05) is 18.2 Å². The lowest BCUT2D eigenvalue weighted by Crippen LogP contribution is -2.36. The number of benzene rings is 1. The summed E-state index contributed by atoms with van der Waals surface area (Å²) in [6.07, 6.45) is 1.80. The predicted molar refractivity (Wildman–Crippen MR) is 81.0 cm³/mol. The molecule has 0 bridgehead atoms. The van der Waals surface area contributed by atoms with Gasteiger partial charge in [-0.3, -0.25) is 0 Å². The molecule has 1 fully saturated rings. The van der Waals surface area contributed by atoms with Crippen LogP contribution in [0.4, 0.5) is 11.5 Å². The number of pyridine rings is 1. The van der Waals surface area contributed by atoms with E-state index in [2.05, 4.69) is 39.5 Å². The summed E-state index contributed by atoms with van der Waals surface area (Å²) in [7, 11) is 0. The summed E-state index contributed by atoms with van der Waals surface area (Å²) >= 11 is 0. The molecule has 0 aliphatic carbocycles. The number of nitrogens with zero attached hydrogens (tertiary/aromatic N) is 2. The molecule has 4 heteroatoms. The van der Waals surface area contributed by atoms with Gasteiger partial charge in [-0.2, -0.15) is 0 Å². The van der Waals surface area contributed by atoms with Crippen molar-refractivity contribution in [1.82, 2.24) is 4.98 Å². The first kappa shape index (κ1) is 12.9. The van der Waals surface area contributed by atoms with Gasteiger partial charge in [0.1, 0.15) is 5.82 Å². The first-order valence-corrected chi connectivity index (χ1v) is 6.98. The van der Waals surface area contributed by atoms with Crippen LogP contribution in [0.5, 0.6) is 0 Å². The highest BCUT2D eigenvalue weighted by Crippen LogP contribution is 2.17. The SMILES string of the molecule is c1ccc(NCc2ccc(N3CCOCC3)cc2)nc1. The van der Waals surface area contributed by atoms with E-state index in [0.717, 1.165) is 38.7 Å². The van der Waals surface area contributed by atoms with Crippen LogP contribution in [0, 0.1) is 0 Å². The highest BCUT2D eigenvalue weighted by Gasteiger charge is 2.10. The van der Waals surface area contributed by atoms with Crippen LogP contribution in [0.25, 0.3) is 0 Å². The van der Waals surface area contributed by atoms with Crippen LogP contribution in [0.15, 0.2) is 48.7 Å². The molecule has 0 atom stereocenters. The number of hydrogen-bond donors (Lipinski definition) is 1. The Bertz CT molecular complexity index is 521. The fourth-order valence-corrected chi connectivity index (χ4v) is 2.31. The first-order valence-electron chi connectivity index (χ1n) is 6.98. The van der Waals surface area contributed by atoms with Gasteiger partial charge in [-0.05, 0) is 29.8 Å². The van der Waals surface area contributed by atoms with Crippen LogP contribution in [0.1, 0.15) is 5.56 Å². The Morgan fingerprint density at radius 1 is 1.05 bits per heavy atom. The standard InChI is InChI=1S/C16H19N3O/c1-2-8-17-16(3-1)18-13-14-4-6-15(7-5-14)19-9-11-20-12-10-19/h1-8H,9-13H2,(H,17,18). The lowest BCUT2D eigenvalue weighted by atomic mass is 10.2. The fourth-order valence-electron chi connectivity index (χ4n) is 2.31. The maximum Gasteiger partial charge on any atom is 0.126 e. The fraction of sp³-hybridized carbons (Fsp3) is 0.312. The van der Waals surface area contributed by atoms with E-state index in [9.17, 15) is 0 Å². The van der Waals surface area contributed by atoms with Gasteiger partial charge in [0.2, 0.25) is 0 Å². The smallest absolute Gasteiger partial charge is 0.126 e. The van der Waals surface area contributed by atoms with Crippen molar-refractivity contribution in [2.24, 2.45) is 0 Å². The number of ether oxygens (including phenoxy) is 1. The molecule has 0 amide bonds. The van der Waals surface area contributed by atoms with E-state index < -0.39 is 0 Å². The van der Waals surface area contributed by atoms with Gasteiger partial charge < -0.3 is 15.0 Å². The third kappa shape index (κ3) is 3.27.